The Balaban J connectivity index is 2.35. The van der Waals surface area contributed by atoms with E-state index in [1.807, 2.05) is 26.0 Å². The summed E-state index contributed by atoms with van der Waals surface area (Å²) >= 11 is 9.46. The van der Waals surface area contributed by atoms with Crippen LogP contribution in [0.5, 0.6) is 0 Å². The molecule has 1 heterocycles. The maximum atomic E-state index is 12.3. The summed E-state index contributed by atoms with van der Waals surface area (Å²) in [6.07, 6.45) is 0. The molecule has 1 aromatic heterocycles. The molecule has 1 amide bonds. The van der Waals surface area contributed by atoms with E-state index >= 15 is 0 Å². The number of carbonyl (C=O) groups is 1. The van der Waals surface area contributed by atoms with E-state index < -0.39 is 5.91 Å². The van der Waals surface area contributed by atoms with Crippen LogP contribution in [-0.4, -0.2) is 10.9 Å². The minimum Gasteiger partial charge on any atom is -0.319 e. The molecule has 4 N–H and O–H groups in total. The molecule has 21 heavy (non-hydrogen) atoms. The number of hydrogen-bond acceptors (Lipinski definition) is 4. The fraction of sp³-hybridized carbons (Fsp3) is 0.143. The minimum absolute atomic E-state index is 0.110. The highest BCUT2D eigenvalue weighted by Crippen LogP contribution is 2.28. The van der Waals surface area contributed by atoms with Crippen molar-refractivity contribution >= 4 is 44.9 Å². The lowest BCUT2D eigenvalue weighted by Gasteiger charge is -2.12. The summed E-state index contributed by atoms with van der Waals surface area (Å²) in [5.41, 5.74) is 5.23. The van der Waals surface area contributed by atoms with Crippen molar-refractivity contribution in [3.63, 3.8) is 0 Å². The van der Waals surface area contributed by atoms with E-state index in [0.29, 0.717) is 11.5 Å². The number of carbonyl (C=O) groups excluding carboxylic acids is 1. The summed E-state index contributed by atoms with van der Waals surface area (Å²) in [7, 11) is 0. The number of nitrogens with zero attached hydrogens (tertiary/aromatic N) is 1. The van der Waals surface area contributed by atoms with Crippen LogP contribution < -0.4 is 16.6 Å². The Hall–Kier alpha value is -1.63. The zero-order chi connectivity index (χ0) is 15.6. The lowest BCUT2D eigenvalue weighted by molar-refractivity contribution is 0.102. The third-order valence-electron chi connectivity index (χ3n) is 2.88. The van der Waals surface area contributed by atoms with Crippen LogP contribution in [-0.2, 0) is 0 Å². The number of halogens is 2. The Morgan fingerprint density at radius 3 is 2.67 bits per heavy atom. The van der Waals surface area contributed by atoms with Crippen molar-refractivity contribution in [1.82, 2.24) is 4.98 Å². The first-order valence-corrected chi connectivity index (χ1v) is 7.30. The average molecular weight is 370 g/mol. The molecule has 2 aromatic rings. The highest BCUT2D eigenvalue weighted by atomic mass is 79.9. The minimum atomic E-state index is -0.398. The molecule has 0 saturated carbocycles. The van der Waals surface area contributed by atoms with Crippen LogP contribution in [0, 0.1) is 13.8 Å². The molecule has 0 aliphatic rings. The van der Waals surface area contributed by atoms with E-state index in [2.05, 4.69) is 31.7 Å². The average Bonchev–Trinajstić information content (AvgIpc) is 2.43. The largest absolute Gasteiger partial charge is 0.319 e. The van der Waals surface area contributed by atoms with E-state index in [9.17, 15) is 4.79 Å². The van der Waals surface area contributed by atoms with Gasteiger partial charge in [-0.25, -0.2) is 10.8 Å². The molecule has 0 spiro atoms. The highest BCUT2D eigenvalue weighted by molar-refractivity contribution is 9.10. The number of hydrazine groups is 1. The molecular formula is C14H14BrClN4O. The van der Waals surface area contributed by atoms with Gasteiger partial charge in [-0.1, -0.05) is 17.7 Å². The van der Waals surface area contributed by atoms with Gasteiger partial charge in [0.1, 0.15) is 11.5 Å². The first-order chi connectivity index (χ1) is 9.92. The van der Waals surface area contributed by atoms with Gasteiger partial charge in [0.2, 0.25) is 0 Å². The van der Waals surface area contributed by atoms with Gasteiger partial charge in [-0.15, -0.1) is 0 Å². The van der Waals surface area contributed by atoms with Gasteiger partial charge in [0.05, 0.1) is 10.7 Å². The highest BCUT2D eigenvalue weighted by Gasteiger charge is 2.16. The van der Waals surface area contributed by atoms with Crippen molar-refractivity contribution in [1.29, 1.82) is 0 Å². The number of nitrogens with two attached hydrogens (primary N) is 1. The van der Waals surface area contributed by atoms with Gasteiger partial charge in [0.15, 0.2) is 0 Å². The van der Waals surface area contributed by atoms with Gasteiger partial charge < -0.3 is 10.7 Å². The molecule has 7 heteroatoms. The fourth-order valence-corrected chi connectivity index (χ4v) is 2.89. The van der Waals surface area contributed by atoms with Crippen LogP contribution in [0.3, 0.4) is 0 Å². The number of aromatic nitrogens is 1. The van der Waals surface area contributed by atoms with Gasteiger partial charge in [0, 0.05) is 4.47 Å². The topological polar surface area (TPSA) is 80.0 Å². The monoisotopic (exact) mass is 368 g/mol. The number of amides is 1. The smallest absolute Gasteiger partial charge is 0.275 e. The number of anilines is 2. The molecule has 0 atom stereocenters. The third kappa shape index (κ3) is 3.53. The molecule has 2 rings (SSSR count). The quantitative estimate of drug-likeness (QED) is 0.570. The second-order valence-corrected chi connectivity index (χ2v) is 5.83. The molecule has 110 valence electrons. The Bertz CT molecular complexity index is 682. The van der Waals surface area contributed by atoms with Crippen molar-refractivity contribution in [2.75, 3.05) is 10.7 Å². The molecule has 0 fully saturated rings. The van der Waals surface area contributed by atoms with Crippen LogP contribution >= 0.6 is 27.5 Å². The molecular weight excluding hydrogens is 356 g/mol. The zero-order valence-corrected chi connectivity index (χ0v) is 13.8. The molecule has 1 aromatic carbocycles. The van der Waals surface area contributed by atoms with Crippen molar-refractivity contribution in [2.24, 2.45) is 5.84 Å². The van der Waals surface area contributed by atoms with E-state index in [1.165, 1.54) is 0 Å². The number of hydrogen-bond donors (Lipinski definition) is 3. The summed E-state index contributed by atoms with van der Waals surface area (Å²) in [6, 6.07) is 7.06. The second-order valence-electron chi connectivity index (χ2n) is 4.56. The lowest BCUT2D eigenvalue weighted by atomic mass is 10.1. The van der Waals surface area contributed by atoms with Gasteiger partial charge in [-0.05, 0) is 59.1 Å². The van der Waals surface area contributed by atoms with Crippen molar-refractivity contribution in [3.05, 3.63) is 50.6 Å². The van der Waals surface area contributed by atoms with Crippen LogP contribution in [0.4, 0.5) is 11.5 Å². The Morgan fingerprint density at radius 1 is 1.33 bits per heavy atom. The van der Waals surface area contributed by atoms with Gasteiger partial charge in [-0.3, -0.25) is 4.79 Å². The van der Waals surface area contributed by atoms with Gasteiger partial charge >= 0.3 is 0 Å². The lowest BCUT2D eigenvalue weighted by Crippen LogP contribution is -2.17. The maximum absolute atomic E-state index is 12.3. The number of pyridine rings is 1. The summed E-state index contributed by atoms with van der Waals surface area (Å²) < 4.78 is 0.803. The Labute approximate surface area is 136 Å². The summed E-state index contributed by atoms with van der Waals surface area (Å²) in [5, 5.41) is 3.07. The van der Waals surface area contributed by atoms with Gasteiger partial charge in [0.25, 0.3) is 5.91 Å². The number of nitrogen functional groups attached to an aromatic ring is 1. The van der Waals surface area contributed by atoms with Crippen LogP contribution in [0.1, 0.15) is 21.6 Å². The summed E-state index contributed by atoms with van der Waals surface area (Å²) in [6.45, 7) is 3.90. The van der Waals surface area contributed by atoms with Crippen molar-refractivity contribution < 1.29 is 4.79 Å². The SMILES string of the molecule is Cc1cc(C)c(NC(=O)c2nc(NN)ccc2Cl)c(Br)c1. The van der Waals surface area contributed by atoms with Crippen LogP contribution in [0.15, 0.2) is 28.7 Å². The number of benzene rings is 1. The molecule has 5 nitrogen and oxygen atoms in total. The molecule has 0 aliphatic carbocycles. The number of rotatable bonds is 3. The Morgan fingerprint density at radius 2 is 2.05 bits per heavy atom. The molecule has 0 bridgehead atoms. The van der Waals surface area contributed by atoms with E-state index in [0.717, 1.165) is 15.6 Å². The normalized spacial score (nSPS) is 10.3. The fourth-order valence-electron chi connectivity index (χ4n) is 1.93. The van der Waals surface area contributed by atoms with Crippen LogP contribution in [0.2, 0.25) is 5.02 Å². The number of aryl methyl sites for hydroxylation is 2. The Kier molecular flexibility index (Phi) is 4.82. The van der Waals surface area contributed by atoms with E-state index in [-0.39, 0.29) is 10.7 Å². The molecule has 0 radical (unpaired) electrons. The first-order valence-electron chi connectivity index (χ1n) is 6.13. The predicted octanol–water partition coefficient (Wildman–Crippen LogP) is 3.65. The predicted molar refractivity (Wildman–Crippen MR) is 88.6 cm³/mol. The summed E-state index contributed by atoms with van der Waals surface area (Å²) in [5.74, 6) is 5.26. The molecule has 0 aliphatic heterocycles. The molecule has 0 saturated heterocycles. The second kappa shape index (κ2) is 6.43. The molecule has 0 unspecified atom stereocenters. The summed E-state index contributed by atoms with van der Waals surface area (Å²) in [4.78, 5) is 16.4. The van der Waals surface area contributed by atoms with Crippen molar-refractivity contribution in [2.45, 2.75) is 13.8 Å². The van der Waals surface area contributed by atoms with Crippen molar-refractivity contribution in [3.8, 4) is 0 Å². The third-order valence-corrected chi connectivity index (χ3v) is 3.81. The number of nitrogens with one attached hydrogen (secondary N) is 2. The first kappa shape index (κ1) is 15.8. The van der Waals surface area contributed by atoms with E-state index in [4.69, 9.17) is 17.4 Å². The van der Waals surface area contributed by atoms with E-state index in [1.54, 1.807) is 12.1 Å². The standard InChI is InChI=1S/C14H14BrClN4O/c1-7-5-8(2)12(9(15)6-7)19-14(21)13-10(16)3-4-11(18-13)20-17/h3-6H,17H2,1-2H3,(H,18,20)(H,19,21). The van der Waals surface area contributed by atoms with Crippen LogP contribution in [0.25, 0.3) is 0 Å². The zero-order valence-electron chi connectivity index (χ0n) is 11.5. The van der Waals surface area contributed by atoms with Gasteiger partial charge in [-0.2, -0.15) is 0 Å². The maximum Gasteiger partial charge on any atom is 0.275 e.